The summed E-state index contributed by atoms with van der Waals surface area (Å²) in [7, 11) is 0. The molecule has 0 fully saturated rings. The maximum atomic E-state index is 4.85. The highest BCUT2D eigenvalue weighted by Crippen LogP contribution is 2.26. The largest absolute Gasteiger partial charge is 0.363 e. The Balaban J connectivity index is 1.89. The van der Waals surface area contributed by atoms with Crippen molar-refractivity contribution in [3.8, 4) is 11.4 Å². The van der Waals surface area contributed by atoms with E-state index in [2.05, 4.69) is 25.4 Å². The Labute approximate surface area is 125 Å². The number of nitrogens with zero attached hydrogens (tertiary/aromatic N) is 4. The van der Waals surface area contributed by atoms with Crippen LogP contribution in [0.25, 0.3) is 22.3 Å². The van der Waals surface area contributed by atoms with Crippen LogP contribution in [-0.2, 0) is 0 Å². The summed E-state index contributed by atoms with van der Waals surface area (Å²) in [5, 5.41) is 7.95. The van der Waals surface area contributed by atoms with Crippen LogP contribution in [0.4, 0.5) is 11.6 Å². The van der Waals surface area contributed by atoms with Crippen molar-refractivity contribution in [1.82, 2.24) is 20.1 Å². The van der Waals surface area contributed by atoms with Gasteiger partial charge < -0.3 is 9.84 Å². The van der Waals surface area contributed by atoms with Crippen LogP contribution in [0.5, 0.6) is 0 Å². The highest BCUT2D eigenvalue weighted by molar-refractivity contribution is 5.91. The molecule has 0 unspecified atom stereocenters. The minimum Gasteiger partial charge on any atom is -0.363 e. The lowest BCUT2D eigenvalue weighted by atomic mass is 10.2. The van der Waals surface area contributed by atoms with Gasteiger partial charge >= 0.3 is 0 Å². The van der Waals surface area contributed by atoms with Crippen molar-refractivity contribution in [3.05, 3.63) is 61.1 Å². The van der Waals surface area contributed by atoms with Crippen LogP contribution in [0.3, 0.4) is 0 Å². The summed E-state index contributed by atoms with van der Waals surface area (Å²) in [4.78, 5) is 13.2. The van der Waals surface area contributed by atoms with E-state index in [1.165, 1.54) is 6.26 Å². The molecule has 4 rings (SSSR count). The highest BCUT2D eigenvalue weighted by Gasteiger charge is 2.10. The van der Waals surface area contributed by atoms with Crippen molar-refractivity contribution >= 4 is 22.5 Å². The minimum absolute atomic E-state index is 0.601. The molecule has 3 heterocycles. The average Bonchev–Trinajstić information content (AvgIpc) is 3.09. The number of rotatable bonds is 3. The van der Waals surface area contributed by atoms with Gasteiger partial charge in [-0.05, 0) is 24.3 Å². The molecule has 1 N–H and O–H groups in total. The fraction of sp³-hybridized carbons (Fsp3) is 0. The van der Waals surface area contributed by atoms with E-state index >= 15 is 0 Å². The summed E-state index contributed by atoms with van der Waals surface area (Å²) in [6.45, 7) is 0. The van der Waals surface area contributed by atoms with Crippen molar-refractivity contribution in [2.75, 3.05) is 5.32 Å². The topological polar surface area (TPSA) is 76.7 Å². The first kappa shape index (κ1) is 12.5. The number of aromatic nitrogens is 4. The molecule has 106 valence electrons. The lowest BCUT2D eigenvalue weighted by Crippen LogP contribution is -1.99. The summed E-state index contributed by atoms with van der Waals surface area (Å²) >= 11 is 0. The molecular formula is C16H11N5O. The molecule has 0 aliphatic heterocycles. The van der Waals surface area contributed by atoms with E-state index in [0.717, 1.165) is 16.5 Å². The lowest BCUT2D eigenvalue weighted by molar-refractivity contribution is 0.423. The number of hydrogen-bond acceptors (Lipinski definition) is 6. The second-order valence-corrected chi connectivity index (χ2v) is 4.66. The summed E-state index contributed by atoms with van der Waals surface area (Å²) < 4.78 is 4.85. The number of benzene rings is 1. The normalized spacial score (nSPS) is 10.7. The Kier molecular flexibility index (Phi) is 2.97. The van der Waals surface area contributed by atoms with Crippen LogP contribution >= 0.6 is 0 Å². The number of fused-ring (bicyclic) bond motifs is 1. The SMILES string of the molecule is c1ccc2c(Nc3ccon3)nc(-c3ccncc3)nc2c1. The Bertz CT molecular complexity index is 906. The second-order valence-electron chi connectivity index (χ2n) is 4.66. The monoisotopic (exact) mass is 289 g/mol. The molecule has 4 aromatic rings. The summed E-state index contributed by atoms with van der Waals surface area (Å²) in [5.41, 5.74) is 1.76. The number of para-hydroxylation sites is 1. The molecule has 0 saturated carbocycles. The zero-order valence-corrected chi connectivity index (χ0v) is 11.5. The zero-order valence-electron chi connectivity index (χ0n) is 11.5. The van der Waals surface area contributed by atoms with Gasteiger partial charge in [0.1, 0.15) is 12.1 Å². The molecule has 6 heteroatoms. The number of pyridine rings is 1. The van der Waals surface area contributed by atoms with Gasteiger partial charge in [0.05, 0.1) is 5.52 Å². The van der Waals surface area contributed by atoms with Gasteiger partial charge in [0.2, 0.25) is 0 Å². The first-order chi connectivity index (χ1) is 10.9. The molecule has 1 aromatic carbocycles. The van der Waals surface area contributed by atoms with Gasteiger partial charge in [-0.25, -0.2) is 9.97 Å². The highest BCUT2D eigenvalue weighted by atomic mass is 16.5. The van der Waals surface area contributed by atoms with Gasteiger partial charge in [0, 0.05) is 29.4 Å². The zero-order chi connectivity index (χ0) is 14.8. The van der Waals surface area contributed by atoms with Gasteiger partial charge in [0.15, 0.2) is 11.6 Å². The average molecular weight is 289 g/mol. The van der Waals surface area contributed by atoms with Gasteiger partial charge in [-0.3, -0.25) is 4.98 Å². The van der Waals surface area contributed by atoms with E-state index in [-0.39, 0.29) is 0 Å². The summed E-state index contributed by atoms with van der Waals surface area (Å²) in [6, 6.07) is 13.3. The first-order valence-corrected chi connectivity index (χ1v) is 6.75. The summed E-state index contributed by atoms with van der Waals surface area (Å²) in [5.74, 6) is 1.92. The smallest absolute Gasteiger partial charge is 0.174 e. The standard InChI is InChI=1S/C16H11N5O/c1-2-4-13-12(3-1)16(19-14-7-10-22-21-14)20-15(18-13)11-5-8-17-9-6-11/h1-10H,(H,18,19,20,21). The molecule has 0 aliphatic carbocycles. The van der Waals surface area contributed by atoms with E-state index in [0.29, 0.717) is 17.5 Å². The number of hydrogen-bond donors (Lipinski definition) is 1. The predicted molar refractivity (Wildman–Crippen MR) is 82.6 cm³/mol. The Morgan fingerprint density at radius 1 is 0.909 bits per heavy atom. The van der Waals surface area contributed by atoms with Crippen molar-refractivity contribution in [3.63, 3.8) is 0 Å². The van der Waals surface area contributed by atoms with E-state index in [9.17, 15) is 0 Å². The van der Waals surface area contributed by atoms with Crippen molar-refractivity contribution in [1.29, 1.82) is 0 Å². The maximum absolute atomic E-state index is 4.85. The predicted octanol–water partition coefficient (Wildman–Crippen LogP) is 3.42. The van der Waals surface area contributed by atoms with Crippen LogP contribution in [0.15, 0.2) is 65.6 Å². The molecule has 0 radical (unpaired) electrons. The molecule has 0 aliphatic rings. The van der Waals surface area contributed by atoms with E-state index in [1.54, 1.807) is 18.5 Å². The van der Waals surface area contributed by atoms with Gasteiger partial charge in [-0.1, -0.05) is 17.3 Å². The fourth-order valence-electron chi connectivity index (χ4n) is 2.20. The third-order valence-corrected chi connectivity index (χ3v) is 3.23. The summed E-state index contributed by atoms with van der Waals surface area (Å²) in [6.07, 6.45) is 4.95. The van der Waals surface area contributed by atoms with Crippen molar-refractivity contribution in [2.45, 2.75) is 0 Å². The molecule has 0 bridgehead atoms. The molecule has 6 nitrogen and oxygen atoms in total. The number of anilines is 2. The van der Waals surface area contributed by atoms with Crippen molar-refractivity contribution in [2.24, 2.45) is 0 Å². The maximum Gasteiger partial charge on any atom is 0.174 e. The van der Waals surface area contributed by atoms with E-state index < -0.39 is 0 Å². The van der Waals surface area contributed by atoms with Crippen LogP contribution in [0.1, 0.15) is 0 Å². The second kappa shape index (κ2) is 5.25. The fourth-order valence-corrected chi connectivity index (χ4v) is 2.20. The van der Waals surface area contributed by atoms with Crippen LogP contribution in [0, 0.1) is 0 Å². The molecule has 22 heavy (non-hydrogen) atoms. The van der Waals surface area contributed by atoms with Crippen LogP contribution in [0.2, 0.25) is 0 Å². The van der Waals surface area contributed by atoms with Crippen molar-refractivity contribution < 1.29 is 4.52 Å². The lowest BCUT2D eigenvalue weighted by Gasteiger charge is -2.09. The molecule has 3 aromatic heterocycles. The third kappa shape index (κ3) is 2.26. The molecule has 0 saturated heterocycles. The third-order valence-electron chi connectivity index (χ3n) is 3.23. The minimum atomic E-state index is 0.601. The Hall–Kier alpha value is -3.28. The van der Waals surface area contributed by atoms with E-state index in [1.807, 2.05) is 36.4 Å². The van der Waals surface area contributed by atoms with Crippen LogP contribution in [-0.4, -0.2) is 20.1 Å². The van der Waals surface area contributed by atoms with Gasteiger partial charge in [-0.15, -0.1) is 0 Å². The van der Waals surface area contributed by atoms with Gasteiger partial charge in [0.25, 0.3) is 0 Å². The first-order valence-electron chi connectivity index (χ1n) is 6.75. The van der Waals surface area contributed by atoms with E-state index in [4.69, 9.17) is 4.52 Å². The molecule has 0 spiro atoms. The quantitative estimate of drug-likeness (QED) is 0.622. The van der Waals surface area contributed by atoms with Gasteiger partial charge in [-0.2, -0.15) is 0 Å². The molecule has 0 atom stereocenters. The molecule has 0 amide bonds. The Morgan fingerprint density at radius 3 is 2.59 bits per heavy atom. The number of nitrogens with one attached hydrogen (secondary N) is 1. The molecular weight excluding hydrogens is 278 g/mol. The van der Waals surface area contributed by atoms with Crippen LogP contribution < -0.4 is 5.32 Å². The Morgan fingerprint density at radius 2 is 1.77 bits per heavy atom.